The molecule has 0 bridgehead atoms. The van der Waals surface area contributed by atoms with Crippen LogP contribution >= 0.6 is 15.9 Å². The van der Waals surface area contributed by atoms with Gasteiger partial charge in [0.2, 0.25) is 11.8 Å². The fraction of sp³-hybridized carbons (Fsp3) is 0.357. The Bertz CT molecular complexity index is 589. The molecule has 1 saturated heterocycles. The van der Waals surface area contributed by atoms with Crippen molar-refractivity contribution >= 4 is 39.4 Å². The molecule has 1 aromatic carbocycles. The van der Waals surface area contributed by atoms with Gasteiger partial charge < -0.3 is 5.11 Å². The maximum Gasteiger partial charge on any atom is 0.337 e. The van der Waals surface area contributed by atoms with Crippen LogP contribution in [0, 0.1) is 5.41 Å². The quantitative estimate of drug-likeness (QED) is 0.840. The Morgan fingerprint density at radius 1 is 1.25 bits per heavy atom. The second-order valence-corrected chi connectivity index (χ2v) is 6.52. The molecule has 0 atom stereocenters. The van der Waals surface area contributed by atoms with Gasteiger partial charge in [0.25, 0.3) is 0 Å². The number of piperidine rings is 1. The molecular weight excluding hydrogens is 326 g/mol. The standard InChI is InChI=1S/C14H14BrNO4/c1-14(2)6-11(17)16(12(18)7-14)10-5-8(15)3-4-9(10)13(19)20/h3-5H,6-7H2,1-2H3,(H,19,20). The molecule has 1 N–H and O–H groups in total. The van der Waals surface area contributed by atoms with Gasteiger partial charge in [0, 0.05) is 17.3 Å². The second kappa shape index (κ2) is 5.01. The number of carboxylic acid groups (broad SMARTS) is 1. The van der Waals surface area contributed by atoms with Gasteiger partial charge in [-0.1, -0.05) is 29.8 Å². The molecule has 20 heavy (non-hydrogen) atoms. The fourth-order valence-electron chi connectivity index (χ4n) is 2.32. The Morgan fingerprint density at radius 2 is 1.80 bits per heavy atom. The summed E-state index contributed by atoms with van der Waals surface area (Å²) in [6.07, 6.45) is 0.425. The normalized spacial score (nSPS) is 18.2. The number of imide groups is 1. The Balaban J connectivity index is 2.51. The molecule has 2 amide bonds. The molecule has 1 aliphatic rings. The highest BCUT2D eigenvalue weighted by Crippen LogP contribution is 2.36. The number of amides is 2. The summed E-state index contributed by atoms with van der Waals surface area (Å²) in [5.74, 6) is -1.91. The smallest absolute Gasteiger partial charge is 0.337 e. The molecule has 0 saturated carbocycles. The zero-order valence-electron chi connectivity index (χ0n) is 11.1. The average molecular weight is 340 g/mol. The first-order chi connectivity index (χ1) is 9.21. The minimum Gasteiger partial charge on any atom is -0.478 e. The van der Waals surface area contributed by atoms with Gasteiger partial charge in [-0.25, -0.2) is 9.69 Å². The van der Waals surface area contributed by atoms with Crippen molar-refractivity contribution in [3.05, 3.63) is 28.2 Å². The van der Waals surface area contributed by atoms with Gasteiger partial charge >= 0.3 is 5.97 Å². The van der Waals surface area contributed by atoms with Crippen molar-refractivity contribution in [3.8, 4) is 0 Å². The van der Waals surface area contributed by atoms with E-state index in [-0.39, 0.29) is 41.3 Å². The van der Waals surface area contributed by atoms with Crippen LogP contribution in [-0.2, 0) is 9.59 Å². The van der Waals surface area contributed by atoms with Crippen molar-refractivity contribution in [1.29, 1.82) is 0 Å². The van der Waals surface area contributed by atoms with Crippen molar-refractivity contribution in [1.82, 2.24) is 0 Å². The number of halogens is 1. The van der Waals surface area contributed by atoms with Gasteiger partial charge in [-0.05, 0) is 23.6 Å². The Hall–Kier alpha value is -1.69. The van der Waals surface area contributed by atoms with Crippen molar-refractivity contribution in [2.45, 2.75) is 26.7 Å². The van der Waals surface area contributed by atoms with Crippen LogP contribution in [0.1, 0.15) is 37.0 Å². The third-order valence-corrected chi connectivity index (χ3v) is 3.68. The molecule has 0 aliphatic carbocycles. The maximum absolute atomic E-state index is 12.2. The lowest BCUT2D eigenvalue weighted by atomic mass is 9.81. The first-order valence-electron chi connectivity index (χ1n) is 6.10. The molecule has 1 aliphatic heterocycles. The molecule has 5 nitrogen and oxygen atoms in total. The number of carboxylic acids is 1. The van der Waals surface area contributed by atoms with Gasteiger partial charge in [0.05, 0.1) is 11.3 Å². The Morgan fingerprint density at radius 3 is 2.30 bits per heavy atom. The van der Waals surface area contributed by atoms with E-state index in [9.17, 15) is 19.5 Å². The van der Waals surface area contributed by atoms with Crippen molar-refractivity contribution in [2.24, 2.45) is 5.41 Å². The SMILES string of the molecule is CC1(C)CC(=O)N(c2cc(Br)ccc2C(=O)O)C(=O)C1. The van der Waals surface area contributed by atoms with Gasteiger partial charge in [-0.15, -0.1) is 0 Å². The topological polar surface area (TPSA) is 74.7 Å². The molecule has 0 spiro atoms. The molecule has 1 heterocycles. The van der Waals surface area contributed by atoms with E-state index in [1.165, 1.54) is 12.1 Å². The molecule has 6 heteroatoms. The molecule has 2 rings (SSSR count). The zero-order valence-corrected chi connectivity index (χ0v) is 12.7. The second-order valence-electron chi connectivity index (χ2n) is 5.61. The van der Waals surface area contributed by atoms with E-state index in [4.69, 9.17) is 0 Å². The van der Waals surface area contributed by atoms with Crippen LogP contribution in [0.25, 0.3) is 0 Å². The van der Waals surface area contributed by atoms with E-state index in [0.29, 0.717) is 4.47 Å². The number of carbonyl (C=O) groups excluding carboxylic acids is 2. The summed E-state index contributed by atoms with van der Waals surface area (Å²) in [5, 5.41) is 9.20. The first-order valence-corrected chi connectivity index (χ1v) is 6.89. The summed E-state index contributed by atoms with van der Waals surface area (Å²) in [7, 11) is 0. The summed E-state index contributed by atoms with van der Waals surface area (Å²) in [6, 6.07) is 4.43. The summed E-state index contributed by atoms with van der Waals surface area (Å²) in [6.45, 7) is 3.69. The molecular formula is C14H14BrNO4. The Labute approximate surface area is 124 Å². The van der Waals surface area contributed by atoms with Crippen LogP contribution < -0.4 is 4.90 Å². The monoisotopic (exact) mass is 339 g/mol. The predicted molar refractivity (Wildman–Crippen MR) is 76.6 cm³/mol. The third kappa shape index (κ3) is 2.75. The van der Waals surface area contributed by atoms with E-state index in [1.807, 2.05) is 13.8 Å². The van der Waals surface area contributed by atoms with E-state index < -0.39 is 5.97 Å². The highest BCUT2D eigenvalue weighted by Gasteiger charge is 2.39. The van der Waals surface area contributed by atoms with Crippen LogP contribution in [0.4, 0.5) is 5.69 Å². The minimum absolute atomic E-state index is 0.0605. The van der Waals surface area contributed by atoms with E-state index >= 15 is 0 Å². The number of benzene rings is 1. The van der Waals surface area contributed by atoms with E-state index in [0.717, 1.165) is 4.90 Å². The third-order valence-electron chi connectivity index (χ3n) is 3.19. The van der Waals surface area contributed by atoms with Gasteiger partial charge in [0.1, 0.15) is 0 Å². The van der Waals surface area contributed by atoms with Gasteiger partial charge in [-0.3, -0.25) is 9.59 Å². The molecule has 106 valence electrons. The average Bonchev–Trinajstić information content (AvgIpc) is 2.25. The van der Waals surface area contributed by atoms with Gasteiger partial charge in [-0.2, -0.15) is 0 Å². The largest absolute Gasteiger partial charge is 0.478 e. The lowest BCUT2D eigenvalue weighted by molar-refractivity contribution is -0.132. The van der Waals surface area contributed by atoms with E-state index in [1.54, 1.807) is 6.07 Å². The number of hydrogen-bond acceptors (Lipinski definition) is 3. The maximum atomic E-state index is 12.2. The number of anilines is 1. The van der Waals surface area contributed by atoms with Crippen LogP contribution in [0.3, 0.4) is 0 Å². The van der Waals surface area contributed by atoms with Crippen molar-refractivity contribution < 1.29 is 19.5 Å². The highest BCUT2D eigenvalue weighted by molar-refractivity contribution is 9.10. The van der Waals surface area contributed by atoms with E-state index in [2.05, 4.69) is 15.9 Å². The lowest BCUT2D eigenvalue weighted by Gasteiger charge is -2.35. The number of carbonyl (C=O) groups is 3. The molecule has 0 unspecified atom stereocenters. The number of hydrogen-bond donors (Lipinski definition) is 1. The summed E-state index contributed by atoms with van der Waals surface area (Å²) in [5.41, 5.74) is -0.327. The zero-order chi connectivity index (χ0) is 15.1. The predicted octanol–water partition coefficient (Wildman–Crippen LogP) is 2.83. The summed E-state index contributed by atoms with van der Waals surface area (Å²) in [4.78, 5) is 36.6. The lowest BCUT2D eigenvalue weighted by Crippen LogP contribution is -2.46. The van der Waals surface area contributed by atoms with Gasteiger partial charge in [0.15, 0.2) is 0 Å². The molecule has 1 aromatic rings. The molecule has 0 radical (unpaired) electrons. The van der Waals surface area contributed by atoms with Crippen LogP contribution in [0.2, 0.25) is 0 Å². The summed E-state index contributed by atoms with van der Waals surface area (Å²) < 4.78 is 0.614. The van der Waals surface area contributed by atoms with Crippen molar-refractivity contribution in [2.75, 3.05) is 4.90 Å². The fourth-order valence-corrected chi connectivity index (χ4v) is 2.67. The van der Waals surface area contributed by atoms with Crippen LogP contribution in [0.15, 0.2) is 22.7 Å². The highest BCUT2D eigenvalue weighted by atomic mass is 79.9. The number of nitrogens with zero attached hydrogens (tertiary/aromatic N) is 1. The number of rotatable bonds is 2. The minimum atomic E-state index is -1.17. The number of aromatic carboxylic acids is 1. The molecule has 0 aromatic heterocycles. The first kappa shape index (κ1) is 14.7. The van der Waals surface area contributed by atoms with Crippen LogP contribution in [0.5, 0.6) is 0 Å². The Kier molecular flexibility index (Phi) is 3.69. The molecule has 1 fully saturated rings. The van der Waals surface area contributed by atoms with Crippen molar-refractivity contribution in [3.63, 3.8) is 0 Å². The summed E-state index contributed by atoms with van der Waals surface area (Å²) >= 11 is 3.23. The van der Waals surface area contributed by atoms with Crippen LogP contribution in [-0.4, -0.2) is 22.9 Å².